The minimum absolute atomic E-state index is 0.0262. The minimum Gasteiger partial charge on any atom is -0.496 e. The van der Waals surface area contributed by atoms with Crippen LogP contribution in [0.1, 0.15) is 11.4 Å². The van der Waals surface area contributed by atoms with E-state index in [2.05, 4.69) is 26.3 Å². The molecular weight excluding hydrogens is 352 g/mol. The topological polar surface area (TPSA) is 110 Å². The summed E-state index contributed by atoms with van der Waals surface area (Å²) in [6.07, 6.45) is 5.19. The number of nitrogen functional groups attached to an aromatic ring is 1. The molecule has 0 amide bonds. The zero-order valence-corrected chi connectivity index (χ0v) is 15.2. The Bertz CT molecular complexity index is 1050. The standard InChI is InChI=1S/C21H18N6O/c1-28-18-13-6-5-8-15(18)9-7-10-16(14-22)19-25-20(23)27-21(26-19)24-17-11-3-2-4-12-17/h2-13H,1H3,(H3,23,24,25,26,27). The summed E-state index contributed by atoms with van der Waals surface area (Å²) < 4.78 is 5.31. The zero-order chi connectivity index (χ0) is 19.8. The highest BCUT2D eigenvalue weighted by Gasteiger charge is 2.09. The molecule has 138 valence electrons. The Morgan fingerprint density at radius 1 is 1.07 bits per heavy atom. The maximum absolute atomic E-state index is 9.51. The average molecular weight is 370 g/mol. The second-order valence-electron chi connectivity index (χ2n) is 5.63. The van der Waals surface area contributed by atoms with Crippen molar-refractivity contribution in [2.45, 2.75) is 0 Å². The highest BCUT2D eigenvalue weighted by atomic mass is 16.5. The van der Waals surface area contributed by atoms with Crippen LogP contribution in [0.5, 0.6) is 5.75 Å². The Balaban J connectivity index is 1.86. The fraction of sp³-hybridized carbons (Fsp3) is 0.0476. The number of nitrogens with zero attached hydrogens (tertiary/aromatic N) is 4. The van der Waals surface area contributed by atoms with E-state index in [-0.39, 0.29) is 23.3 Å². The molecule has 0 aliphatic heterocycles. The first kappa shape index (κ1) is 18.6. The fourth-order valence-corrected chi connectivity index (χ4v) is 2.43. The third kappa shape index (κ3) is 4.71. The van der Waals surface area contributed by atoms with Crippen molar-refractivity contribution in [2.24, 2.45) is 0 Å². The van der Waals surface area contributed by atoms with Gasteiger partial charge in [0.1, 0.15) is 11.8 Å². The van der Waals surface area contributed by atoms with Crippen molar-refractivity contribution in [2.75, 3.05) is 18.2 Å². The second kappa shape index (κ2) is 8.96. The highest BCUT2D eigenvalue weighted by Crippen LogP contribution is 2.20. The number of rotatable bonds is 6. The SMILES string of the molecule is COc1ccccc1C=CC=C(C#N)c1nc(N)nc(Nc2ccccc2)n1. The van der Waals surface area contributed by atoms with Gasteiger partial charge in [0.05, 0.1) is 12.7 Å². The molecule has 1 heterocycles. The van der Waals surface area contributed by atoms with Crippen molar-refractivity contribution < 1.29 is 4.74 Å². The summed E-state index contributed by atoms with van der Waals surface area (Å²) in [4.78, 5) is 12.4. The van der Waals surface area contributed by atoms with Crippen LogP contribution in [0.3, 0.4) is 0 Å². The molecule has 28 heavy (non-hydrogen) atoms. The van der Waals surface area contributed by atoms with Gasteiger partial charge in [0, 0.05) is 11.3 Å². The summed E-state index contributed by atoms with van der Waals surface area (Å²) in [7, 11) is 1.61. The van der Waals surface area contributed by atoms with Crippen molar-refractivity contribution in [1.82, 2.24) is 15.0 Å². The van der Waals surface area contributed by atoms with Gasteiger partial charge in [-0.15, -0.1) is 0 Å². The monoisotopic (exact) mass is 370 g/mol. The first-order chi connectivity index (χ1) is 13.7. The van der Waals surface area contributed by atoms with Gasteiger partial charge in [-0.2, -0.15) is 20.2 Å². The van der Waals surface area contributed by atoms with Crippen LogP contribution in [0.15, 0.2) is 66.7 Å². The molecule has 0 fully saturated rings. The number of aromatic nitrogens is 3. The third-order valence-electron chi connectivity index (χ3n) is 3.72. The van der Waals surface area contributed by atoms with Crippen molar-refractivity contribution in [3.05, 3.63) is 78.1 Å². The van der Waals surface area contributed by atoms with Gasteiger partial charge in [0.15, 0.2) is 5.82 Å². The Hall–Kier alpha value is -4.18. The maximum atomic E-state index is 9.51. The molecule has 3 aromatic rings. The normalized spacial score (nSPS) is 11.2. The molecule has 7 heteroatoms. The van der Waals surface area contributed by atoms with E-state index in [0.29, 0.717) is 0 Å². The molecule has 0 saturated carbocycles. The second-order valence-corrected chi connectivity index (χ2v) is 5.63. The number of nitrogens with two attached hydrogens (primary N) is 1. The number of ether oxygens (including phenoxy) is 1. The number of hydrogen-bond acceptors (Lipinski definition) is 7. The molecule has 0 spiro atoms. The number of allylic oxidation sites excluding steroid dienone is 3. The van der Waals surface area contributed by atoms with Crippen LogP contribution in [0.25, 0.3) is 11.6 Å². The molecule has 3 rings (SSSR count). The van der Waals surface area contributed by atoms with Crippen LogP contribution in [-0.2, 0) is 0 Å². The minimum atomic E-state index is 0.0262. The largest absolute Gasteiger partial charge is 0.496 e. The van der Waals surface area contributed by atoms with E-state index in [0.717, 1.165) is 17.0 Å². The van der Waals surface area contributed by atoms with Gasteiger partial charge in [-0.3, -0.25) is 0 Å². The average Bonchev–Trinajstić information content (AvgIpc) is 2.72. The lowest BCUT2D eigenvalue weighted by Gasteiger charge is -2.06. The molecule has 0 aliphatic rings. The van der Waals surface area contributed by atoms with Crippen molar-refractivity contribution >= 4 is 29.2 Å². The summed E-state index contributed by atoms with van der Waals surface area (Å²) >= 11 is 0. The quantitative estimate of drug-likeness (QED) is 0.501. The van der Waals surface area contributed by atoms with Gasteiger partial charge >= 0.3 is 0 Å². The number of anilines is 3. The lowest BCUT2D eigenvalue weighted by molar-refractivity contribution is 0.414. The molecule has 0 bridgehead atoms. The molecule has 7 nitrogen and oxygen atoms in total. The molecule has 0 unspecified atom stereocenters. The smallest absolute Gasteiger partial charge is 0.232 e. The molecular formula is C21H18N6O. The van der Waals surface area contributed by atoms with E-state index in [1.165, 1.54) is 0 Å². The number of para-hydroxylation sites is 2. The lowest BCUT2D eigenvalue weighted by Crippen LogP contribution is -2.06. The molecule has 0 saturated heterocycles. The number of nitrogens with one attached hydrogen (secondary N) is 1. The van der Waals surface area contributed by atoms with Crippen LogP contribution >= 0.6 is 0 Å². The van der Waals surface area contributed by atoms with E-state index in [1.807, 2.05) is 60.7 Å². The van der Waals surface area contributed by atoms with Crippen molar-refractivity contribution in [3.63, 3.8) is 0 Å². The predicted octanol–water partition coefficient (Wildman–Crippen LogP) is 3.83. The summed E-state index contributed by atoms with van der Waals surface area (Å²) in [5.74, 6) is 1.23. The summed E-state index contributed by atoms with van der Waals surface area (Å²) in [5, 5.41) is 12.6. The van der Waals surface area contributed by atoms with Crippen LogP contribution in [0.2, 0.25) is 0 Å². The Morgan fingerprint density at radius 2 is 1.82 bits per heavy atom. The summed E-state index contributed by atoms with van der Waals surface area (Å²) in [5.41, 5.74) is 7.74. The number of methoxy groups -OCH3 is 1. The van der Waals surface area contributed by atoms with E-state index >= 15 is 0 Å². The molecule has 0 radical (unpaired) electrons. The van der Waals surface area contributed by atoms with Crippen molar-refractivity contribution in [1.29, 1.82) is 5.26 Å². The van der Waals surface area contributed by atoms with Gasteiger partial charge in [-0.05, 0) is 24.3 Å². The van der Waals surface area contributed by atoms with Crippen LogP contribution in [-0.4, -0.2) is 22.1 Å². The molecule has 2 aromatic carbocycles. The molecule has 0 aliphatic carbocycles. The third-order valence-corrected chi connectivity index (χ3v) is 3.72. The first-order valence-electron chi connectivity index (χ1n) is 8.45. The molecule has 3 N–H and O–H groups in total. The van der Waals surface area contributed by atoms with Gasteiger partial charge in [0.25, 0.3) is 0 Å². The fourth-order valence-electron chi connectivity index (χ4n) is 2.43. The van der Waals surface area contributed by atoms with Gasteiger partial charge < -0.3 is 15.8 Å². The van der Waals surface area contributed by atoms with Gasteiger partial charge in [0.2, 0.25) is 11.9 Å². The van der Waals surface area contributed by atoms with Crippen molar-refractivity contribution in [3.8, 4) is 11.8 Å². The number of nitriles is 1. The van der Waals surface area contributed by atoms with E-state index < -0.39 is 0 Å². The number of hydrogen-bond donors (Lipinski definition) is 2. The van der Waals surface area contributed by atoms with E-state index in [1.54, 1.807) is 19.3 Å². The number of benzene rings is 2. The predicted molar refractivity (Wildman–Crippen MR) is 110 cm³/mol. The van der Waals surface area contributed by atoms with Gasteiger partial charge in [-0.1, -0.05) is 48.6 Å². The molecule has 0 atom stereocenters. The zero-order valence-electron chi connectivity index (χ0n) is 15.2. The van der Waals surface area contributed by atoms with Crippen LogP contribution in [0, 0.1) is 11.3 Å². The van der Waals surface area contributed by atoms with Crippen LogP contribution < -0.4 is 15.8 Å². The Morgan fingerprint density at radius 3 is 2.57 bits per heavy atom. The van der Waals surface area contributed by atoms with E-state index in [9.17, 15) is 5.26 Å². The van der Waals surface area contributed by atoms with Crippen LogP contribution in [0.4, 0.5) is 17.6 Å². The van der Waals surface area contributed by atoms with Gasteiger partial charge in [-0.25, -0.2) is 0 Å². The Labute approximate surface area is 162 Å². The summed E-state index contributed by atoms with van der Waals surface area (Å²) in [6.45, 7) is 0. The maximum Gasteiger partial charge on any atom is 0.232 e. The van der Waals surface area contributed by atoms with E-state index in [4.69, 9.17) is 10.5 Å². The lowest BCUT2D eigenvalue weighted by atomic mass is 10.1. The molecule has 1 aromatic heterocycles. The summed E-state index contributed by atoms with van der Waals surface area (Å²) in [6, 6.07) is 19.1. The Kier molecular flexibility index (Phi) is 5.95. The first-order valence-corrected chi connectivity index (χ1v) is 8.45. The highest BCUT2D eigenvalue weighted by molar-refractivity contribution is 5.76.